The monoisotopic (exact) mass is 445 g/mol. The van der Waals surface area contributed by atoms with Gasteiger partial charge in [0, 0.05) is 49.0 Å². The average molecular weight is 446 g/mol. The number of fused-ring (bicyclic) bond motifs is 3. The average Bonchev–Trinajstić information content (AvgIpc) is 3.25. The van der Waals surface area contributed by atoms with Crippen molar-refractivity contribution in [1.29, 1.82) is 0 Å². The van der Waals surface area contributed by atoms with E-state index in [9.17, 15) is 4.79 Å². The van der Waals surface area contributed by atoms with Crippen LogP contribution in [0.25, 0.3) is 11.3 Å². The quantitative estimate of drug-likeness (QED) is 0.599. The second-order valence-corrected chi connectivity index (χ2v) is 9.05. The smallest absolute Gasteiger partial charge is 0.319 e. The molecular formula is C26H31N5O2. The van der Waals surface area contributed by atoms with Gasteiger partial charge in [-0.05, 0) is 55.6 Å². The molecule has 4 heterocycles. The predicted octanol–water partition coefficient (Wildman–Crippen LogP) is 4.10. The summed E-state index contributed by atoms with van der Waals surface area (Å²) in [6, 6.07) is 20.2. The van der Waals surface area contributed by atoms with E-state index in [1.807, 2.05) is 30.3 Å². The lowest BCUT2D eigenvalue weighted by Gasteiger charge is -2.49. The maximum atomic E-state index is 12.4. The number of ether oxygens (including phenoxy) is 1. The molecule has 6 rings (SSSR count). The molecule has 7 heteroatoms. The molecule has 0 spiro atoms. The van der Waals surface area contributed by atoms with Crippen molar-refractivity contribution in [3.05, 3.63) is 66.4 Å². The number of anilines is 1. The molecule has 3 fully saturated rings. The first-order valence-electron chi connectivity index (χ1n) is 11.6. The maximum Gasteiger partial charge on any atom is 0.319 e. The third-order valence-electron chi connectivity index (χ3n) is 7.09. The number of aryl methyl sites for hydroxylation is 1. The summed E-state index contributed by atoms with van der Waals surface area (Å²) in [5.41, 5.74) is 4.26. The molecule has 172 valence electrons. The van der Waals surface area contributed by atoms with Crippen LogP contribution in [0.3, 0.4) is 0 Å². The highest BCUT2D eigenvalue weighted by molar-refractivity contribution is 5.89. The molecular weight excluding hydrogens is 414 g/mol. The molecule has 2 N–H and O–H groups in total. The summed E-state index contributed by atoms with van der Waals surface area (Å²) < 4.78 is 7.22. The highest BCUT2D eigenvalue weighted by Crippen LogP contribution is 2.42. The molecule has 2 bridgehead atoms. The van der Waals surface area contributed by atoms with Crippen molar-refractivity contribution in [2.24, 2.45) is 13.0 Å². The predicted molar refractivity (Wildman–Crippen MR) is 129 cm³/mol. The van der Waals surface area contributed by atoms with Crippen molar-refractivity contribution in [2.45, 2.75) is 24.8 Å². The molecule has 1 aromatic heterocycles. The first-order chi connectivity index (χ1) is 16.1. The molecule has 3 aliphatic rings. The van der Waals surface area contributed by atoms with Crippen molar-refractivity contribution in [3.63, 3.8) is 0 Å². The molecule has 3 aliphatic heterocycles. The number of benzene rings is 2. The Balaban J connectivity index is 1.19. The number of piperidine rings is 3. The third kappa shape index (κ3) is 4.59. The Hall–Kier alpha value is -3.32. The number of methoxy groups -OCH3 is 1. The molecule has 4 atom stereocenters. The Morgan fingerprint density at radius 1 is 1.15 bits per heavy atom. The largest absolute Gasteiger partial charge is 0.497 e. The van der Waals surface area contributed by atoms with Gasteiger partial charge < -0.3 is 15.4 Å². The first kappa shape index (κ1) is 21.5. The van der Waals surface area contributed by atoms with Gasteiger partial charge in [-0.25, -0.2) is 4.79 Å². The Morgan fingerprint density at radius 3 is 2.64 bits per heavy atom. The van der Waals surface area contributed by atoms with Gasteiger partial charge in [0.2, 0.25) is 0 Å². The summed E-state index contributed by atoms with van der Waals surface area (Å²) in [5, 5.41) is 10.8. The van der Waals surface area contributed by atoms with Gasteiger partial charge in [-0.1, -0.05) is 30.3 Å². The topological polar surface area (TPSA) is 71.4 Å². The molecule has 2 amide bonds. The minimum atomic E-state index is -0.168. The number of carbonyl (C=O) groups excluding carboxylic acids is 1. The molecule has 3 saturated heterocycles. The van der Waals surface area contributed by atoms with Crippen LogP contribution in [0.15, 0.2) is 60.7 Å². The van der Waals surface area contributed by atoms with Gasteiger partial charge in [0.25, 0.3) is 0 Å². The van der Waals surface area contributed by atoms with Gasteiger partial charge >= 0.3 is 6.03 Å². The fraction of sp³-hybridized carbons (Fsp3) is 0.385. The number of hydrogen-bond acceptors (Lipinski definition) is 4. The van der Waals surface area contributed by atoms with Crippen LogP contribution < -0.4 is 15.4 Å². The van der Waals surface area contributed by atoms with E-state index in [1.165, 1.54) is 12.1 Å². The van der Waals surface area contributed by atoms with Gasteiger partial charge in [0.1, 0.15) is 5.75 Å². The van der Waals surface area contributed by atoms with Gasteiger partial charge in [-0.15, -0.1) is 0 Å². The van der Waals surface area contributed by atoms with Gasteiger partial charge in [0.05, 0.1) is 12.8 Å². The fourth-order valence-electron chi connectivity index (χ4n) is 5.32. The van der Waals surface area contributed by atoms with E-state index in [2.05, 4.69) is 57.6 Å². The lowest BCUT2D eigenvalue weighted by Crippen LogP contribution is -2.56. The van der Waals surface area contributed by atoms with Crippen LogP contribution in [0.4, 0.5) is 10.5 Å². The number of nitrogens with zero attached hydrogens (tertiary/aromatic N) is 3. The Morgan fingerprint density at radius 2 is 1.94 bits per heavy atom. The molecule has 0 saturated carbocycles. The van der Waals surface area contributed by atoms with Crippen LogP contribution in [0, 0.1) is 5.92 Å². The van der Waals surface area contributed by atoms with Gasteiger partial charge in [0.15, 0.2) is 0 Å². The summed E-state index contributed by atoms with van der Waals surface area (Å²) in [7, 11) is 3.69. The molecule has 4 unspecified atom stereocenters. The Kier molecular flexibility index (Phi) is 6.05. The van der Waals surface area contributed by atoms with E-state index in [4.69, 9.17) is 9.84 Å². The van der Waals surface area contributed by atoms with Crippen molar-refractivity contribution < 1.29 is 9.53 Å². The van der Waals surface area contributed by atoms with Crippen LogP contribution in [0.2, 0.25) is 0 Å². The van der Waals surface area contributed by atoms with E-state index in [0.717, 1.165) is 42.2 Å². The van der Waals surface area contributed by atoms with Gasteiger partial charge in [-0.2, -0.15) is 5.10 Å². The zero-order valence-electron chi connectivity index (χ0n) is 19.2. The number of nitrogens with one attached hydrogen (secondary N) is 2. The van der Waals surface area contributed by atoms with Crippen LogP contribution in [-0.4, -0.2) is 53.5 Å². The summed E-state index contributed by atoms with van der Waals surface area (Å²) >= 11 is 0. The zero-order chi connectivity index (χ0) is 22.8. The lowest BCUT2D eigenvalue weighted by atomic mass is 9.74. The van der Waals surface area contributed by atoms with Crippen molar-refractivity contribution in [1.82, 2.24) is 20.0 Å². The fourth-order valence-corrected chi connectivity index (χ4v) is 5.32. The highest BCUT2D eigenvalue weighted by atomic mass is 16.5. The standard InChI is InChI=1S/C26H31N5O2/c1-30-25(15-24(29-30)18-6-4-3-5-7-18)23-17-31-13-12-19(23)14-21(31)16-27-26(32)28-20-8-10-22(33-2)11-9-20/h3-11,15,19,21,23H,12-14,16-17H2,1-2H3,(H2,27,28,32). The maximum absolute atomic E-state index is 12.4. The van der Waals surface area contributed by atoms with Gasteiger partial charge in [-0.3, -0.25) is 9.58 Å². The Bertz CT molecular complexity index is 1100. The summed E-state index contributed by atoms with van der Waals surface area (Å²) in [6.07, 6.45) is 2.30. The second-order valence-electron chi connectivity index (χ2n) is 9.05. The number of aromatic nitrogens is 2. The van der Waals surface area contributed by atoms with E-state index < -0.39 is 0 Å². The molecule has 3 aromatic rings. The summed E-state index contributed by atoms with van der Waals surface area (Å²) in [6.45, 7) is 2.77. The zero-order valence-corrected chi connectivity index (χ0v) is 19.2. The second kappa shape index (κ2) is 9.27. The molecule has 0 aliphatic carbocycles. The number of amides is 2. The molecule has 2 aromatic carbocycles. The van der Waals surface area contributed by atoms with Crippen molar-refractivity contribution >= 4 is 11.7 Å². The van der Waals surface area contributed by atoms with Crippen LogP contribution in [0.1, 0.15) is 24.5 Å². The Labute approximate surface area is 194 Å². The van der Waals surface area contributed by atoms with Crippen LogP contribution in [0.5, 0.6) is 5.75 Å². The highest BCUT2D eigenvalue weighted by Gasteiger charge is 2.41. The molecule has 33 heavy (non-hydrogen) atoms. The lowest BCUT2D eigenvalue weighted by molar-refractivity contribution is 0.0296. The van der Waals surface area contributed by atoms with Crippen LogP contribution >= 0.6 is 0 Å². The van der Waals surface area contributed by atoms with E-state index in [0.29, 0.717) is 24.4 Å². The summed E-state index contributed by atoms with van der Waals surface area (Å²) in [5.74, 6) is 1.87. The minimum Gasteiger partial charge on any atom is -0.497 e. The van der Waals surface area contributed by atoms with Crippen molar-refractivity contribution in [3.8, 4) is 17.0 Å². The van der Waals surface area contributed by atoms with Crippen LogP contribution in [-0.2, 0) is 7.05 Å². The minimum absolute atomic E-state index is 0.168. The SMILES string of the molecule is COc1ccc(NC(=O)NCC2CC3CCN2CC3c2cc(-c3ccccc3)nn2C)cc1. The van der Waals surface area contributed by atoms with E-state index in [-0.39, 0.29) is 6.03 Å². The summed E-state index contributed by atoms with van der Waals surface area (Å²) in [4.78, 5) is 14.9. The number of hydrogen-bond donors (Lipinski definition) is 2. The molecule has 0 radical (unpaired) electrons. The van der Waals surface area contributed by atoms with Crippen molar-refractivity contribution in [2.75, 3.05) is 32.1 Å². The van der Waals surface area contributed by atoms with E-state index in [1.54, 1.807) is 7.11 Å². The first-order valence-corrected chi connectivity index (χ1v) is 11.6. The van der Waals surface area contributed by atoms with E-state index >= 15 is 0 Å². The number of urea groups is 1. The number of rotatable bonds is 6. The normalized spacial score (nSPS) is 23.8. The third-order valence-corrected chi connectivity index (χ3v) is 7.09. The molecule has 7 nitrogen and oxygen atoms in total. The number of carbonyl (C=O) groups is 1.